The first kappa shape index (κ1) is 35.9. The van der Waals surface area contributed by atoms with E-state index in [0.717, 1.165) is 5.56 Å². The number of amides is 1. The van der Waals surface area contributed by atoms with Crippen molar-refractivity contribution in [2.24, 2.45) is 5.41 Å². The molecular weight excluding hydrogens is 596 g/mol. The number of esters is 1. The first-order valence-electron chi connectivity index (χ1n) is 15.4. The lowest BCUT2D eigenvalue weighted by molar-refractivity contribution is -0.164. The van der Waals surface area contributed by atoms with Crippen molar-refractivity contribution >= 4 is 35.3 Å². The molecule has 3 rings (SSSR count). The van der Waals surface area contributed by atoms with E-state index in [9.17, 15) is 34.2 Å². The maximum absolute atomic E-state index is 13.8. The van der Waals surface area contributed by atoms with Gasteiger partial charge in [-0.15, -0.1) is 0 Å². The minimum absolute atomic E-state index is 0.259. The van der Waals surface area contributed by atoms with Crippen LogP contribution in [-0.2, 0) is 35.1 Å². The first-order valence-corrected chi connectivity index (χ1v) is 15.4. The molecular formula is C34H44N2O10. The fourth-order valence-corrected chi connectivity index (χ4v) is 5.33. The van der Waals surface area contributed by atoms with E-state index in [1.807, 2.05) is 19.1 Å². The Morgan fingerprint density at radius 2 is 1.63 bits per heavy atom. The van der Waals surface area contributed by atoms with Crippen LogP contribution >= 0.6 is 0 Å². The fraction of sp³-hybridized carbons (Fsp3) is 0.500. The van der Waals surface area contributed by atoms with E-state index in [2.05, 4.69) is 0 Å². The molecule has 1 heterocycles. The summed E-state index contributed by atoms with van der Waals surface area (Å²) in [4.78, 5) is 65.7. The average molecular weight is 641 g/mol. The van der Waals surface area contributed by atoms with Crippen molar-refractivity contribution in [1.82, 2.24) is 4.90 Å². The quantitative estimate of drug-likeness (QED) is 0.199. The van der Waals surface area contributed by atoms with Crippen LogP contribution in [0.4, 0.5) is 5.69 Å². The highest BCUT2D eigenvalue weighted by Gasteiger charge is 2.41. The lowest BCUT2D eigenvalue weighted by Gasteiger charge is -2.36. The first-order chi connectivity index (χ1) is 21.8. The third-order valence-corrected chi connectivity index (χ3v) is 8.39. The molecule has 1 amide bonds. The molecule has 1 aliphatic heterocycles. The third-order valence-electron chi connectivity index (χ3n) is 8.39. The molecule has 2 aromatic rings. The van der Waals surface area contributed by atoms with Crippen LogP contribution in [0.2, 0.25) is 0 Å². The molecule has 1 saturated heterocycles. The van der Waals surface area contributed by atoms with Crippen LogP contribution in [0.5, 0.6) is 11.5 Å². The van der Waals surface area contributed by atoms with Gasteiger partial charge in [0.15, 0.2) is 11.5 Å². The number of anilines is 1. The normalized spacial score (nSPS) is 15.4. The molecule has 1 fully saturated rings. The summed E-state index contributed by atoms with van der Waals surface area (Å²) in [7, 11) is 3.06. The summed E-state index contributed by atoms with van der Waals surface area (Å²) in [6, 6.07) is 11.1. The number of benzene rings is 2. The van der Waals surface area contributed by atoms with Crippen molar-refractivity contribution in [3.05, 3.63) is 53.6 Å². The van der Waals surface area contributed by atoms with Crippen molar-refractivity contribution in [1.29, 1.82) is 0 Å². The number of aryl methyl sites for hydroxylation is 1. The molecule has 0 bridgehead atoms. The van der Waals surface area contributed by atoms with Crippen LogP contribution in [0.15, 0.2) is 42.5 Å². The van der Waals surface area contributed by atoms with Crippen molar-refractivity contribution < 1.29 is 48.4 Å². The molecule has 2 atom stereocenters. The Kier molecular flexibility index (Phi) is 12.6. The number of Topliss-reactive ketones (excluding diaryl/α,β-unsaturated/α-hetero) is 1. The summed E-state index contributed by atoms with van der Waals surface area (Å²) >= 11 is 0. The number of carbonyl (C=O) groups is 5. The Morgan fingerprint density at radius 3 is 2.24 bits per heavy atom. The SMILES string of the molecule is CCC(C)(C)C(=O)C(=O)N1CCCC[C@H]1C(=O)O[C@H](CCc1ccc(OC)c(OC)c1)c1cccc(N(CC(=O)O)CC(=O)O)c1. The lowest BCUT2D eigenvalue weighted by Crippen LogP contribution is -2.53. The Morgan fingerprint density at radius 1 is 0.957 bits per heavy atom. The molecule has 12 nitrogen and oxygen atoms in total. The second kappa shape index (κ2) is 16.1. The standard InChI is InChI=1S/C34H44N2O10/c1-6-34(2,3)31(41)32(42)36-17-8-7-12-25(36)33(43)46-26(15-13-22-14-16-27(44-4)28(18-22)45-5)23-10-9-11-24(19-23)35(20-29(37)38)21-30(39)40/h9-11,14,16,18-19,25-26H,6-8,12-13,15,17,20-21H2,1-5H3,(H,37,38)(H,39,40)/t25-,26+/m0/s1. The minimum Gasteiger partial charge on any atom is -0.493 e. The predicted molar refractivity (Wildman–Crippen MR) is 169 cm³/mol. The zero-order valence-electron chi connectivity index (χ0n) is 27.1. The molecule has 250 valence electrons. The molecule has 1 aliphatic rings. The number of ketones is 1. The molecule has 0 unspecified atom stereocenters. The van der Waals surface area contributed by atoms with Crippen molar-refractivity contribution in [2.45, 2.75) is 71.4 Å². The molecule has 2 N–H and O–H groups in total. The summed E-state index contributed by atoms with van der Waals surface area (Å²) in [5.41, 5.74) is 0.846. The van der Waals surface area contributed by atoms with E-state index < -0.39 is 60.2 Å². The second-order valence-electron chi connectivity index (χ2n) is 12.0. The van der Waals surface area contributed by atoms with E-state index >= 15 is 0 Å². The van der Waals surface area contributed by atoms with Crippen LogP contribution in [0.3, 0.4) is 0 Å². The average Bonchev–Trinajstić information content (AvgIpc) is 3.04. The zero-order valence-corrected chi connectivity index (χ0v) is 27.1. The Bertz CT molecular complexity index is 1410. The van der Waals surface area contributed by atoms with E-state index in [1.54, 1.807) is 44.2 Å². The molecule has 46 heavy (non-hydrogen) atoms. The highest BCUT2D eigenvalue weighted by Crippen LogP contribution is 2.33. The van der Waals surface area contributed by atoms with Gasteiger partial charge in [-0.3, -0.25) is 19.2 Å². The number of carbonyl (C=O) groups excluding carboxylic acids is 3. The molecule has 0 aliphatic carbocycles. The number of hydrogen-bond donors (Lipinski definition) is 2. The Hall–Kier alpha value is -4.61. The van der Waals surface area contributed by atoms with Gasteiger partial charge in [0.25, 0.3) is 5.91 Å². The number of carboxylic acids is 2. The third kappa shape index (κ3) is 9.21. The number of ether oxygens (including phenoxy) is 3. The van der Waals surface area contributed by atoms with Crippen molar-refractivity contribution in [3.8, 4) is 11.5 Å². The smallest absolute Gasteiger partial charge is 0.329 e. The number of piperidine rings is 1. The van der Waals surface area contributed by atoms with Crippen molar-refractivity contribution in [3.63, 3.8) is 0 Å². The van der Waals surface area contributed by atoms with Crippen LogP contribution in [0.25, 0.3) is 0 Å². The van der Waals surface area contributed by atoms with Gasteiger partial charge in [-0.1, -0.05) is 39.0 Å². The number of nitrogens with zero attached hydrogens (tertiary/aromatic N) is 2. The molecule has 0 radical (unpaired) electrons. The molecule has 2 aromatic carbocycles. The minimum atomic E-state index is -1.20. The van der Waals surface area contributed by atoms with Gasteiger partial charge in [0.1, 0.15) is 25.2 Å². The van der Waals surface area contributed by atoms with Crippen LogP contribution in [-0.4, -0.2) is 84.6 Å². The van der Waals surface area contributed by atoms with Gasteiger partial charge >= 0.3 is 17.9 Å². The van der Waals surface area contributed by atoms with Gasteiger partial charge in [-0.25, -0.2) is 4.79 Å². The topological polar surface area (TPSA) is 160 Å². The molecule has 0 spiro atoms. The maximum Gasteiger partial charge on any atom is 0.329 e. The fourth-order valence-electron chi connectivity index (χ4n) is 5.33. The van der Waals surface area contributed by atoms with E-state index in [4.69, 9.17) is 14.2 Å². The summed E-state index contributed by atoms with van der Waals surface area (Å²) in [5.74, 6) is -3.21. The number of likely N-dealkylation sites (tertiary alicyclic amines) is 1. The predicted octanol–water partition coefficient (Wildman–Crippen LogP) is 4.28. The highest BCUT2D eigenvalue weighted by molar-refractivity contribution is 6.38. The van der Waals surface area contributed by atoms with E-state index in [-0.39, 0.29) is 6.54 Å². The summed E-state index contributed by atoms with van der Waals surface area (Å²) in [6.07, 6.45) is 2.04. The van der Waals surface area contributed by atoms with Gasteiger partial charge in [-0.05, 0) is 73.9 Å². The summed E-state index contributed by atoms with van der Waals surface area (Å²) < 4.78 is 16.9. The summed E-state index contributed by atoms with van der Waals surface area (Å²) in [6.45, 7) is 4.41. The Balaban J connectivity index is 1.95. The molecule has 0 saturated carbocycles. The van der Waals surface area contributed by atoms with E-state index in [1.165, 1.54) is 24.0 Å². The number of aliphatic carboxylic acids is 2. The van der Waals surface area contributed by atoms with Gasteiger partial charge < -0.3 is 34.2 Å². The number of rotatable bonds is 16. The highest BCUT2D eigenvalue weighted by atomic mass is 16.5. The van der Waals surface area contributed by atoms with Crippen LogP contribution in [0, 0.1) is 5.41 Å². The maximum atomic E-state index is 13.8. The second-order valence-corrected chi connectivity index (χ2v) is 12.0. The van der Waals surface area contributed by atoms with Gasteiger partial charge in [0, 0.05) is 17.6 Å². The van der Waals surface area contributed by atoms with Crippen LogP contribution < -0.4 is 14.4 Å². The Labute approximate surface area is 269 Å². The summed E-state index contributed by atoms with van der Waals surface area (Å²) in [5, 5.41) is 18.8. The zero-order chi connectivity index (χ0) is 34.0. The largest absolute Gasteiger partial charge is 0.493 e. The number of carboxylic acid groups (broad SMARTS) is 2. The lowest BCUT2D eigenvalue weighted by atomic mass is 9.84. The molecule has 0 aromatic heterocycles. The monoisotopic (exact) mass is 640 g/mol. The number of methoxy groups -OCH3 is 2. The molecule has 12 heteroatoms. The number of hydrogen-bond acceptors (Lipinski definition) is 9. The van der Waals surface area contributed by atoms with Gasteiger partial charge in [0.05, 0.1) is 14.2 Å². The van der Waals surface area contributed by atoms with Gasteiger partial charge in [0.2, 0.25) is 5.78 Å². The van der Waals surface area contributed by atoms with Crippen LogP contribution in [0.1, 0.15) is 70.1 Å². The van der Waals surface area contributed by atoms with Crippen molar-refractivity contribution in [2.75, 3.05) is 38.8 Å². The van der Waals surface area contributed by atoms with Gasteiger partial charge in [-0.2, -0.15) is 0 Å². The van der Waals surface area contributed by atoms with E-state index in [0.29, 0.717) is 61.3 Å².